The van der Waals surface area contributed by atoms with Gasteiger partial charge in [-0.2, -0.15) is 5.10 Å². The topological polar surface area (TPSA) is 27.1 Å². The lowest BCUT2D eigenvalue weighted by Gasteiger charge is -2.09. The summed E-state index contributed by atoms with van der Waals surface area (Å²) in [7, 11) is 0. The van der Waals surface area contributed by atoms with Crippen molar-refractivity contribution in [3.05, 3.63) is 47.8 Å². The quantitative estimate of drug-likeness (QED) is 0.816. The summed E-state index contributed by atoms with van der Waals surface area (Å²) in [5, 5.41) is 4.63. The summed E-state index contributed by atoms with van der Waals surface area (Å²) < 4.78 is 7.91. The number of nitrogens with zero attached hydrogens (tertiary/aromatic N) is 2. The van der Waals surface area contributed by atoms with E-state index in [0.717, 1.165) is 17.9 Å². The highest BCUT2D eigenvalue weighted by molar-refractivity contribution is 5.27. The fourth-order valence-electron chi connectivity index (χ4n) is 2.81. The molecule has 3 nitrogen and oxygen atoms in total. The standard InChI is InChI=1S/C17H22N2O/c1-2-14-7-9-17(10-8-14)20-13-15-11-12-19(18-15)16-5-3-4-6-16/h7-12,16H,2-6,13H2,1H3. The average Bonchev–Trinajstić information content (AvgIpc) is 3.16. The van der Waals surface area contributed by atoms with Crippen LogP contribution in [0.25, 0.3) is 0 Å². The summed E-state index contributed by atoms with van der Waals surface area (Å²) in [6, 6.07) is 11.0. The maximum absolute atomic E-state index is 5.79. The second kappa shape index (κ2) is 6.12. The molecule has 0 spiro atoms. The monoisotopic (exact) mass is 270 g/mol. The van der Waals surface area contributed by atoms with Gasteiger partial charge in [-0.1, -0.05) is 31.9 Å². The van der Waals surface area contributed by atoms with E-state index in [1.54, 1.807) is 0 Å². The molecule has 3 heteroatoms. The van der Waals surface area contributed by atoms with Crippen LogP contribution in [-0.2, 0) is 13.0 Å². The predicted octanol–water partition coefficient (Wildman–Crippen LogP) is 4.14. The first-order chi connectivity index (χ1) is 9.85. The van der Waals surface area contributed by atoms with E-state index < -0.39 is 0 Å². The fraction of sp³-hybridized carbons (Fsp3) is 0.471. The van der Waals surface area contributed by atoms with E-state index >= 15 is 0 Å². The number of benzene rings is 1. The predicted molar refractivity (Wildman–Crippen MR) is 79.9 cm³/mol. The Labute approximate surface area is 120 Å². The Morgan fingerprint density at radius 3 is 2.60 bits per heavy atom. The van der Waals surface area contributed by atoms with E-state index in [1.165, 1.54) is 31.2 Å². The Kier molecular flexibility index (Phi) is 4.05. The van der Waals surface area contributed by atoms with Crippen LogP contribution in [0, 0.1) is 0 Å². The van der Waals surface area contributed by atoms with Crippen molar-refractivity contribution in [1.82, 2.24) is 9.78 Å². The molecule has 0 bridgehead atoms. The minimum Gasteiger partial charge on any atom is -0.487 e. The van der Waals surface area contributed by atoms with Crippen molar-refractivity contribution >= 4 is 0 Å². The number of hydrogen-bond donors (Lipinski definition) is 0. The van der Waals surface area contributed by atoms with Crippen LogP contribution in [0.3, 0.4) is 0 Å². The number of aromatic nitrogens is 2. The van der Waals surface area contributed by atoms with Gasteiger partial charge in [0.25, 0.3) is 0 Å². The molecule has 1 aromatic heterocycles. The lowest BCUT2D eigenvalue weighted by atomic mass is 10.2. The summed E-state index contributed by atoms with van der Waals surface area (Å²) in [4.78, 5) is 0. The third-order valence-electron chi connectivity index (χ3n) is 4.08. The van der Waals surface area contributed by atoms with E-state index in [9.17, 15) is 0 Å². The molecule has 1 fully saturated rings. The molecule has 1 aliphatic rings. The van der Waals surface area contributed by atoms with Crippen molar-refractivity contribution in [3.63, 3.8) is 0 Å². The van der Waals surface area contributed by atoms with Crippen molar-refractivity contribution < 1.29 is 4.74 Å². The van der Waals surface area contributed by atoms with Crippen molar-refractivity contribution in [3.8, 4) is 5.75 Å². The fourth-order valence-corrected chi connectivity index (χ4v) is 2.81. The number of hydrogen-bond acceptors (Lipinski definition) is 2. The van der Waals surface area contributed by atoms with E-state index in [2.05, 4.69) is 41.1 Å². The number of aryl methyl sites for hydroxylation is 1. The van der Waals surface area contributed by atoms with Gasteiger partial charge in [0, 0.05) is 6.20 Å². The minimum atomic E-state index is 0.547. The van der Waals surface area contributed by atoms with E-state index in [4.69, 9.17) is 4.74 Å². The molecule has 3 rings (SSSR count). The van der Waals surface area contributed by atoms with E-state index in [-0.39, 0.29) is 0 Å². The largest absolute Gasteiger partial charge is 0.487 e. The number of ether oxygens (including phenoxy) is 1. The molecule has 0 amide bonds. The molecular weight excluding hydrogens is 248 g/mol. The molecule has 106 valence electrons. The summed E-state index contributed by atoms with van der Waals surface area (Å²) in [5.74, 6) is 0.914. The third-order valence-corrected chi connectivity index (χ3v) is 4.08. The zero-order chi connectivity index (χ0) is 13.8. The van der Waals surface area contributed by atoms with Gasteiger partial charge in [0.1, 0.15) is 12.4 Å². The van der Waals surface area contributed by atoms with Crippen LogP contribution < -0.4 is 4.74 Å². The summed E-state index contributed by atoms with van der Waals surface area (Å²) in [6.07, 6.45) is 8.35. The highest BCUT2D eigenvalue weighted by Crippen LogP contribution is 2.28. The molecule has 0 unspecified atom stereocenters. The Morgan fingerprint density at radius 1 is 1.15 bits per heavy atom. The molecule has 1 heterocycles. The highest BCUT2D eigenvalue weighted by Gasteiger charge is 2.17. The van der Waals surface area contributed by atoms with Crippen LogP contribution in [0.5, 0.6) is 5.75 Å². The second-order valence-corrected chi connectivity index (χ2v) is 5.51. The maximum atomic E-state index is 5.79. The minimum absolute atomic E-state index is 0.547. The lowest BCUT2D eigenvalue weighted by Crippen LogP contribution is -2.06. The van der Waals surface area contributed by atoms with Crippen LogP contribution >= 0.6 is 0 Å². The summed E-state index contributed by atoms with van der Waals surface area (Å²) in [5.41, 5.74) is 2.35. The van der Waals surface area contributed by atoms with Crippen molar-refractivity contribution in [2.45, 2.75) is 51.7 Å². The molecule has 1 saturated carbocycles. The Morgan fingerprint density at radius 2 is 1.90 bits per heavy atom. The molecule has 2 aromatic rings. The second-order valence-electron chi connectivity index (χ2n) is 5.51. The zero-order valence-corrected chi connectivity index (χ0v) is 12.1. The van der Waals surface area contributed by atoms with Crippen LogP contribution in [0.1, 0.15) is 49.9 Å². The molecule has 20 heavy (non-hydrogen) atoms. The molecule has 0 N–H and O–H groups in total. The van der Waals surface area contributed by atoms with Crippen molar-refractivity contribution in [1.29, 1.82) is 0 Å². The van der Waals surface area contributed by atoms with Crippen LogP contribution in [-0.4, -0.2) is 9.78 Å². The third kappa shape index (κ3) is 3.03. The highest BCUT2D eigenvalue weighted by atomic mass is 16.5. The summed E-state index contributed by atoms with van der Waals surface area (Å²) >= 11 is 0. The number of rotatable bonds is 5. The van der Waals surface area contributed by atoms with Gasteiger partial charge in [-0.05, 0) is 43.0 Å². The Bertz CT molecular complexity index is 538. The zero-order valence-electron chi connectivity index (χ0n) is 12.1. The van der Waals surface area contributed by atoms with Gasteiger partial charge in [-0.25, -0.2) is 0 Å². The van der Waals surface area contributed by atoms with Gasteiger partial charge >= 0.3 is 0 Å². The van der Waals surface area contributed by atoms with Gasteiger partial charge in [-0.15, -0.1) is 0 Å². The average molecular weight is 270 g/mol. The van der Waals surface area contributed by atoms with Crippen LogP contribution in [0.15, 0.2) is 36.5 Å². The smallest absolute Gasteiger partial charge is 0.132 e. The van der Waals surface area contributed by atoms with Crippen molar-refractivity contribution in [2.24, 2.45) is 0 Å². The van der Waals surface area contributed by atoms with Gasteiger partial charge in [0.05, 0.1) is 11.7 Å². The summed E-state index contributed by atoms with van der Waals surface area (Å²) in [6.45, 7) is 2.71. The van der Waals surface area contributed by atoms with Gasteiger partial charge < -0.3 is 4.74 Å². The van der Waals surface area contributed by atoms with Crippen molar-refractivity contribution in [2.75, 3.05) is 0 Å². The molecular formula is C17H22N2O. The molecule has 0 saturated heterocycles. The SMILES string of the molecule is CCc1ccc(OCc2ccn(C3CCCC3)n2)cc1. The molecule has 1 aromatic carbocycles. The van der Waals surface area contributed by atoms with E-state index in [1.807, 2.05) is 12.1 Å². The molecule has 0 atom stereocenters. The van der Waals surface area contributed by atoms with Gasteiger partial charge in [-0.3, -0.25) is 4.68 Å². The molecule has 0 radical (unpaired) electrons. The normalized spacial score (nSPS) is 15.7. The van der Waals surface area contributed by atoms with E-state index in [0.29, 0.717) is 12.6 Å². The van der Waals surface area contributed by atoms with Gasteiger partial charge in [0.15, 0.2) is 0 Å². The maximum Gasteiger partial charge on any atom is 0.132 e. The molecule has 0 aliphatic heterocycles. The Balaban J connectivity index is 1.57. The lowest BCUT2D eigenvalue weighted by molar-refractivity contribution is 0.298. The van der Waals surface area contributed by atoms with Gasteiger partial charge in [0.2, 0.25) is 0 Å². The first kappa shape index (κ1) is 13.2. The van der Waals surface area contributed by atoms with Crippen LogP contribution in [0.4, 0.5) is 0 Å². The first-order valence-corrected chi connectivity index (χ1v) is 7.61. The van der Waals surface area contributed by atoms with Crippen LogP contribution in [0.2, 0.25) is 0 Å². The molecule has 1 aliphatic carbocycles. The first-order valence-electron chi connectivity index (χ1n) is 7.61. The Hall–Kier alpha value is -1.77.